The fourth-order valence-corrected chi connectivity index (χ4v) is 2.27. The van der Waals surface area contributed by atoms with E-state index in [1.807, 2.05) is 39.0 Å². The molecule has 0 aliphatic heterocycles. The molecule has 2 aromatic carbocycles. The SMILES string of the molecule is CC[C@@H](Oc1ccc(Cl)cc1)C(=O)Nc1cccc(OC(C)C)c1. The minimum atomic E-state index is -0.583. The summed E-state index contributed by atoms with van der Waals surface area (Å²) >= 11 is 5.86. The van der Waals surface area contributed by atoms with Gasteiger partial charge in [-0.3, -0.25) is 4.79 Å². The van der Waals surface area contributed by atoms with Crippen molar-refractivity contribution >= 4 is 23.2 Å². The van der Waals surface area contributed by atoms with Crippen LogP contribution in [0.1, 0.15) is 27.2 Å². The molecular formula is C19H22ClNO3. The van der Waals surface area contributed by atoms with Crippen LogP contribution < -0.4 is 14.8 Å². The zero-order chi connectivity index (χ0) is 17.5. The second-order valence-electron chi connectivity index (χ2n) is 5.65. The lowest BCUT2D eigenvalue weighted by atomic mass is 10.2. The van der Waals surface area contributed by atoms with E-state index in [9.17, 15) is 4.79 Å². The van der Waals surface area contributed by atoms with Gasteiger partial charge in [-0.2, -0.15) is 0 Å². The number of halogens is 1. The van der Waals surface area contributed by atoms with Crippen molar-refractivity contribution in [2.75, 3.05) is 5.32 Å². The molecule has 24 heavy (non-hydrogen) atoms. The molecule has 2 rings (SSSR count). The molecule has 2 aromatic rings. The lowest BCUT2D eigenvalue weighted by Gasteiger charge is -2.18. The summed E-state index contributed by atoms with van der Waals surface area (Å²) in [6.45, 7) is 5.81. The van der Waals surface area contributed by atoms with E-state index in [4.69, 9.17) is 21.1 Å². The second-order valence-corrected chi connectivity index (χ2v) is 6.09. The van der Waals surface area contributed by atoms with Crippen molar-refractivity contribution in [3.05, 3.63) is 53.6 Å². The lowest BCUT2D eigenvalue weighted by Crippen LogP contribution is -2.32. The average Bonchev–Trinajstić information content (AvgIpc) is 2.54. The zero-order valence-electron chi connectivity index (χ0n) is 14.1. The standard InChI is InChI=1S/C19H22ClNO3/c1-4-18(24-16-10-8-14(20)9-11-16)19(22)21-15-6-5-7-17(12-15)23-13(2)3/h5-13,18H,4H2,1-3H3,(H,21,22)/t18-/m1/s1. The highest BCUT2D eigenvalue weighted by molar-refractivity contribution is 6.30. The summed E-state index contributed by atoms with van der Waals surface area (Å²) in [6.07, 6.45) is 0.0461. The van der Waals surface area contributed by atoms with Gasteiger partial charge in [-0.15, -0.1) is 0 Å². The van der Waals surface area contributed by atoms with Crippen molar-refractivity contribution < 1.29 is 14.3 Å². The molecule has 4 nitrogen and oxygen atoms in total. The number of amides is 1. The summed E-state index contributed by atoms with van der Waals surface area (Å²) in [4.78, 5) is 12.4. The van der Waals surface area contributed by atoms with Gasteiger partial charge in [0.2, 0.25) is 0 Å². The highest BCUT2D eigenvalue weighted by Crippen LogP contribution is 2.21. The maximum absolute atomic E-state index is 12.4. The minimum Gasteiger partial charge on any atom is -0.491 e. The van der Waals surface area contributed by atoms with Crippen molar-refractivity contribution in [1.82, 2.24) is 0 Å². The molecule has 0 bridgehead atoms. The summed E-state index contributed by atoms with van der Waals surface area (Å²) < 4.78 is 11.4. The van der Waals surface area contributed by atoms with Crippen molar-refractivity contribution in [3.8, 4) is 11.5 Å². The van der Waals surface area contributed by atoms with E-state index in [0.29, 0.717) is 22.9 Å². The van der Waals surface area contributed by atoms with Gasteiger partial charge in [-0.1, -0.05) is 24.6 Å². The first-order chi connectivity index (χ1) is 11.5. The molecule has 0 aliphatic carbocycles. The number of hydrogen-bond donors (Lipinski definition) is 1. The molecule has 1 N–H and O–H groups in total. The normalized spacial score (nSPS) is 11.9. The third-order valence-electron chi connectivity index (χ3n) is 3.23. The van der Waals surface area contributed by atoms with Crippen LogP contribution in [0.15, 0.2) is 48.5 Å². The van der Waals surface area contributed by atoms with Crippen molar-refractivity contribution in [2.45, 2.75) is 39.4 Å². The van der Waals surface area contributed by atoms with Gasteiger partial charge >= 0.3 is 0 Å². The van der Waals surface area contributed by atoms with E-state index in [0.717, 1.165) is 5.75 Å². The van der Waals surface area contributed by atoms with Gasteiger partial charge in [-0.25, -0.2) is 0 Å². The quantitative estimate of drug-likeness (QED) is 0.773. The molecule has 0 aliphatic rings. The molecule has 0 radical (unpaired) electrons. The van der Waals surface area contributed by atoms with Gasteiger partial charge in [0.1, 0.15) is 11.5 Å². The summed E-state index contributed by atoms with van der Waals surface area (Å²) in [5.74, 6) is 1.13. The van der Waals surface area contributed by atoms with Crippen LogP contribution in [0.3, 0.4) is 0 Å². The average molecular weight is 348 g/mol. The van der Waals surface area contributed by atoms with Gasteiger partial charge in [0.05, 0.1) is 6.10 Å². The van der Waals surface area contributed by atoms with Gasteiger partial charge < -0.3 is 14.8 Å². The van der Waals surface area contributed by atoms with Gasteiger partial charge in [0.25, 0.3) is 5.91 Å². The molecule has 0 unspecified atom stereocenters. The molecule has 0 aromatic heterocycles. The number of ether oxygens (including phenoxy) is 2. The largest absolute Gasteiger partial charge is 0.491 e. The smallest absolute Gasteiger partial charge is 0.265 e. The Labute approximate surface area is 147 Å². The number of anilines is 1. The van der Waals surface area contributed by atoms with E-state index < -0.39 is 6.10 Å². The van der Waals surface area contributed by atoms with E-state index in [-0.39, 0.29) is 12.0 Å². The molecule has 0 heterocycles. The fourth-order valence-electron chi connectivity index (χ4n) is 2.14. The number of nitrogens with one attached hydrogen (secondary N) is 1. The number of benzene rings is 2. The Balaban J connectivity index is 2.02. The van der Waals surface area contributed by atoms with Crippen LogP contribution in [-0.4, -0.2) is 18.1 Å². The molecule has 0 fully saturated rings. The number of carbonyl (C=O) groups excluding carboxylic acids is 1. The Bertz CT molecular complexity index is 671. The third-order valence-corrected chi connectivity index (χ3v) is 3.48. The highest BCUT2D eigenvalue weighted by Gasteiger charge is 2.18. The Morgan fingerprint density at radius 3 is 2.42 bits per heavy atom. The van der Waals surface area contributed by atoms with Crippen LogP contribution in [0.5, 0.6) is 11.5 Å². The molecular weight excluding hydrogens is 326 g/mol. The first-order valence-corrected chi connectivity index (χ1v) is 8.35. The van der Waals surface area contributed by atoms with Crippen LogP contribution in [0.25, 0.3) is 0 Å². The predicted molar refractivity (Wildman–Crippen MR) is 97.0 cm³/mol. The lowest BCUT2D eigenvalue weighted by molar-refractivity contribution is -0.122. The highest BCUT2D eigenvalue weighted by atomic mass is 35.5. The number of rotatable bonds is 7. The second kappa shape index (κ2) is 8.60. The maximum Gasteiger partial charge on any atom is 0.265 e. The minimum absolute atomic E-state index is 0.0765. The number of hydrogen-bond acceptors (Lipinski definition) is 3. The van der Waals surface area contributed by atoms with Crippen LogP contribution >= 0.6 is 11.6 Å². The van der Waals surface area contributed by atoms with E-state index >= 15 is 0 Å². The molecule has 0 spiro atoms. The van der Waals surface area contributed by atoms with E-state index in [2.05, 4.69) is 5.32 Å². The summed E-state index contributed by atoms with van der Waals surface area (Å²) in [5, 5.41) is 3.49. The predicted octanol–water partition coefficient (Wildman–Crippen LogP) is 4.92. The summed E-state index contributed by atoms with van der Waals surface area (Å²) in [6, 6.07) is 14.3. The third kappa shape index (κ3) is 5.46. The van der Waals surface area contributed by atoms with Crippen molar-refractivity contribution in [2.24, 2.45) is 0 Å². The molecule has 0 saturated carbocycles. The maximum atomic E-state index is 12.4. The van der Waals surface area contributed by atoms with Gasteiger partial charge in [0.15, 0.2) is 6.10 Å². The number of carbonyl (C=O) groups is 1. The monoisotopic (exact) mass is 347 g/mol. The summed E-state index contributed by atoms with van der Waals surface area (Å²) in [5.41, 5.74) is 0.677. The molecule has 5 heteroatoms. The first-order valence-electron chi connectivity index (χ1n) is 7.97. The van der Waals surface area contributed by atoms with Crippen LogP contribution in [0.4, 0.5) is 5.69 Å². The topological polar surface area (TPSA) is 47.6 Å². The molecule has 128 valence electrons. The first kappa shape index (κ1) is 18.1. The fraction of sp³-hybridized carbons (Fsp3) is 0.316. The van der Waals surface area contributed by atoms with Crippen molar-refractivity contribution in [1.29, 1.82) is 0 Å². The Morgan fingerprint density at radius 1 is 1.08 bits per heavy atom. The Morgan fingerprint density at radius 2 is 1.79 bits per heavy atom. The Hall–Kier alpha value is -2.20. The van der Waals surface area contributed by atoms with Gasteiger partial charge in [0, 0.05) is 16.8 Å². The zero-order valence-corrected chi connectivity index (χ0v) is 14.8. The van der Waals surface area contributed by atoms with E-state index in [1.54, 1.807) is 30.3 Å². The van der Waals surface area contributed by atoms with Crippen LogP contribution in [-0.2, 0) is 4.79 Å². The molecule has 1 amide bonds. The van der Waals surface area contributed by atoms with Gasteiger partial charge in [-0.05, 0) is 56.7 Å². The van der Waals surface area contributed by atoms with Crippen LogP contribution in [0.2, 0.25) is 5.02 Å². The Kier molecular flexibility index (Phi) is 6.50. The molecule has 0 saturated heterocycles. The van der Waals surface area contributed by atoms with Crippen molar-refractivity contribution in [3.63, 3.8) is 0 Å². The molecule has 1 atom stereocenters. The summed E-state index contributed by atoms with van der Waals surface area (Å²) in [7, 11) is 0. The van der Waals surface area contributed by atoms with Crippen LogP contribution in [0, 0.1) is 0 Å². The van der Waals surface area contributed by atoms with E-state index in [1.165, 1.54) is 0 Å².